The molecule has 0 aliphatic carbocycles. The number of rotatable bonds is 6. The largest absolute Gasteiger partial charge is 0.330 e. The molecule has 126 valence electrons. The van der Waals surface area contributed by atoms with E-state index in [1.54, 1.807) is 25.1 Å². The van der Waals surface area contributed by atoms with Gasteiger partial charge in [-0.3, -0.25) is 4.79 Å². The molecule has 0 aliphatic rings. The lowest BCUT2D eigenvalue weighted by molar-refractivity contribution is -0.119. The molecule has 0 saturated carbocycles. The number of amides is 1. The number of anilines is 1. The average molecular weight is 414 g/mol. The second kappa shape index (κ2) is 9.66. The molecule has 5 nitrogen and oxygen atoms in total. The first-order valence-corrected chi connectivity index (χ1v) is 8.97. The Kier molecular flexibility index (Phi) is 8.60. The topological polar surface area (TPSA) is 80.9 Å². The number of hydrogen-bond donors (Lipinski definition) is 2. The van der Waals surface area contributed by atoms with Crippen molar-refractivity contribution in [3.8, 4) is 0 Å². The van der Waals surface area contributed by atoms with Gasteiger partial charge in [0.15, 0.2) is 4.34 Å². The summed E-state index contributed by atoms with van der Waals surface area (Å²) in [6.45, 7) is 2.04. The lowest BCUT2D eigenvalue weighted by Crippen LogP contribution is -2.26. The minimum atomic E-state index is -0.262. The molecule has 1 aromatic carbocycles. The molecule has 2 aromatic rings. The molecule has 0 aliphatic heterocycles. The van der Waals surface area contributed by atoms with E-state index in [0.717, 1.165) is 9.90 Å². The van der Waals surface area contributed by atoms with Crippen molar-refractivity contribution in [3.63, 3.8) is 0 Å². The van der Waals surface area contributed by atoms with Crippen LogP contribution >= 0.6 is 58.7 Å². The maximum Gasteiger partial charge on any atom is 0.230 e. The van der Waals surface area contributed by atoms with Crippen molar-refractivity contribution in [2.75, 3.05) is 11.9 Å². The van der Waals surface area contributed by atoms with Gasteiger partial charge in [-0.1, -0.05) is 59.3 Å². The van der Waals surface area contributed by atoms with Crippen LogP contribution in [0.2, 0.25) is 10.0 Å². The summed E-state index contributed by atoms with van der Waals surface area (Å²) < 4.78 is 0.728. The maximum atomic E-state index is 11.7. The number of carbonyl (C=O) groups is 1. The normalized spacial score (nSPS) is 11.7. The van der Waals surface area contributed by atoms with E-state index in [1.165, 1.54) is 23.1 Å². The summed E-state index contributed by atoms with van der Waals surface area (Å²) in [5, 5.41) is 12.4. The highest BCUT2D eigenvalue weighted by molar-refractivity contribution is 8.00. The summed E-state index contributed by atoms with van der Waals surface area (Å²) >= 11 is 15.0. The van der Waals surface area contributed by atoms with E-state index in [0.29, 0.717) is 20.9 Å². The van der Waals surface area contributed by atoms with Gasteiger partial charge < -0.3 is 11.1 Å². The third-order valence-electron chi connectivity index (χ3n) is 2.84. The molecule has 1 atom stereocenters. The van der Waals surface area contributed by atoms with Crippen molar-refractivity contribution in [3.05, 3.63) is 33.8 Å². The third kappa shape index (κ3) is 5.77. The van der Waals surface area contributed by atoms with Crippen LogP contribution in [0.4, 0.5) is 5.13 Å². The summed E-state index contributed by atoms with van der Waals surface area (Å²) in [6.07, 6.45) is 0. The molecular weight excluding hydrogens is 399 g/mol. The number of nitrogens with one attached hydrogen (secondary N) is 1. The average Bonchev–Trinajstić information content (AvgIpc) is 2.93. The number of aromatic nitrogens is 2. The monoisotopic (exact) mass is 412 g/mol. The predicted molar refractivity (Wildman–Crippen MR) is 100 cm³/mol. The molecule has 3 N–H and O–H groups in total. The van der Waals surface area contributed by atoms with Crippen LogP contribution in [0.3, 0.4) is 0 Å². The van der Waals surface area contributed by atoms with Crippen LogP contribution in [0.15, 0.2) is 22.5 Å². The quantitative estimate of drug-likeness (QED) is 0.550. The van der Waals surface area contributed by atoms with Gasteiger partial charge in [-0.2, -0.15) is 0 Å². The van der Waals surface area contributed by atoms with E-state index in [2.05, 4.69) is 15.5 Å². The van der Waals surface area contributed by atoms with Crippen LogP contribution in [-0.4, -0.2) is 22.6 Å². The summed E-state index contributed by atoms with van der Waals surface area (Å²) in [6, 6.07) is 5.39. The second-order valence-electron chi connectivity index (χ2n) is 4.49. The van der Waals surface area contributed by atoms with Crippen molar-refractivity contribution in [2.24, 2.45) is 11.7 Å². The van der Waals surface area contributed by atoms with Gasteiger partial charge in [0.25, 0.3) is 0 Å². The maximum absolute atomic E-state index is 11.7. The fourth-order valence-electron chi connectivity index (χ4n) is 1.46. The number of nitrogens with two attached hydrogens (primary N) is 1. The zero-order valence-electron chi connectivity index (χ0n) is 12.1. The molecule has 1 aromatic heterocycles. The van der Waals surface area contributed by atoms with E-state index < -0.39 is 0 Å². The van der Waals surface area contributed by atoms with E-state index in [-0.39, 0.29) is 30.8 Å². The Morgan fingerprint density at radius 2 is 2.04 bits per heavy atom. The number of hydrogen-bond acceptors (Lipinski definition) is 6. The van der Waals surface area contributed by atoms with Crippen molar-refractivity contribution >= 4 is 69.7 Å². The Bertz CT molecular complexity index is 648. The molecule has 0 bridgehead atoms. The van der Waals surface area contributed by atoms with E-state index in [1.807, 2.05) is 0 Å². The molecule has 0 saturated heterocycles. The number of carbonyl (C=O) groups excluding carboxylic acids is 1. The molecule has 1 unspecified atom stereocenters. The van der Waals surface area contributed by atoms with Crippen LogP contribution in [0.5, 0.6) is 0 Å². The Balaban J connectivity index is 0.00000264. The van der Waals surface area contributed by atoms with Gasteiger partial charge in [0.05, 0.1) is 0 Å². The zero-order valence-corrected chi connectivity index (χ0v) is 16.0. The van der Waals surface area contributed by atoms with Gasteiger partial charge in [0, 0.05) is 28.3 Å². The van der Waals surface area contributed by atoms with Crippen LogP contribution < -0.4 is 11.1 Å². The minimum absolute atomic E-state index is 0. The summed E-state index contributed by atoms with van der Waals surface area (Å²) in [5.41, 5.74) is 6.30. The third-order valence-corrected chi connectivity index (χ3v) is 5.55. The Labute approximate surface area is 158 Å². The molecular formula is C13H15Cl3N4OS2. The molecule has 23 heavy (non-hydrogen) atoms. The highest BCUT2D eigenvalue weighted by atomic mass is 35.5. The summed E-state index contributed by atoms with van der Waals surface area (Å²) in [4.78, 5) is 11.7. The highest BCUT2D eigenvalue weighted by Crippen LogP contribution is 2.33. The molecule has 0 spiro atoms. The van der Waals surface area contributed by atoms with Crippen LogP contribution in [0.25, 0.3) is 0 Å². The van der Waals surface area contributed by atoms with Gasteiger partial charge in [-0.05, 0) is 17.7 Å². The number of thioether (sulfide) groups is 1. The number of nitrogens with zero attached hydrogens (tertiary/aromatic N) is 2. The first-order chi connectivity index (χ1) is 10.5. The van der Waals surface area contributed by atoms with Gasteiger partial charge in [0.2, 0.25) is 11.0 Å². The second-order valence-corrected chi connectivity index (χ2v) is 7.50. The first kappa shape index (κ1) is 20.5. The van der Waals surface area contributed by atoms with Crippen molar-refractivity contribution in [1.82, 2.24) is 10.2 Å². The van der Waals surface area contributed by atoms with Crippen molar-refractivity contribution in [2.45, 2.75) is 17.0 Å². The standard InChI is InChI=1S/C13H14Cl2N4OS2.ClH/c1-7(5-16)11(20)17-12-18-19-13(22-12)21-6-8-9(14)3-2-4-10(8)15;/h2-4,7H,5-6,16H2,1H3,(H,17,18,20);1H. The van der Waals surface area contributed by atoms with E-state index >= 15 is 0 Å². The van der Waals surface area contributed by atoms with Gasteiger partial charge in [-0.25, -0.2) is 0 Å². The number of benzene rings is 1. The lowest BCUT2D eigenvalue weighted by Gasteiger charge is -2.06. The fraction of sp³-hybridized carbons (Fsp3) is 0.308. The molecule has 1 amide bonds. The predicted octanol–water partition coefficient (Wildman–Crippen LogP) is 4.09. The van der Waals surface area contributed by atoms with Crippen LogP contribution in [0.1, 0.15) is 12.5 Å². The molecule has 0 radical (unpaired) electrons. The van der Waals surface area contributed by atoms with E-state index in [4.69, 9.17) is 28.9 Å². The number of halogens is 3. The summed E-state index contributed by atoms with van der Waals surface area (Å²) in [5.74, 6) is 0.159. The Morgan fingerprint density at radius 1 is 1.39 bits per heavy atom. The van der Waals surface area contributed by atoms with Gasteiger partial charge in [0.1, 0.15) is 0 Å². The SMILES string of the molecule is CC(CN)C(=O)Nc1nnc(SCc2c(Cl)cccc2Cl)s1.Cl. The Morgan fingerprint density at radius 3 is 2.65 bits per heavy atom. The van der Waals surface area contributed by atoms with Gasteiger partial charge >= 0.3 is 0 Å². The highest BCUT2D eigenvalue weighted by Gasteiger charge is 2.14. The molecule has 10 heteroatoms. The fourth-order valence-corrected chi connectivity index (χ4v) is 3.95. The van der Waals surface area contributed by atoms with E-state index in [9.17, 15) is 4.79 Å². The van der Waals surface area contributed by atoms with Crippen LogP contribution in [0, 0.1) is 5.92 Å². The molecule has 0 fully saturated rings. The summed E-state index contributed by atoms with van der Waals surface area (Å²) in [7, 11) is 0. The zero-order chi connectivity index (χ0) is 16.1. The minimum Gasteiger partial charge on any atom is -0.330 e. The van der Waals surface area contributed by atoms with Gasteiger partial charge in [-0.15, -0.1) is 22.6 Å². The van der Waals surface area contributed by atoms with Crippen molar-refractivity contribution in [1.29, 1.82) is 0 Å². The smallest absolute Gasteiger partial charge is 0.230 e. The molecule has 2 rings (SSSR count). The van der Waals surface area contributed by atoms with Crippen molar-refractivity contribution < 1.29 is 4.79 Å². The first-order valence-electron chi connectivity index (χ1n) is 6.41. The lowest BCUT2D eigenvalue weighted by atomic mass is 10.2. The van der Waals surface area contributed by atoms with Crippen LogP contribution in [-0.2, 0) is 10.5 Å². The Hall–Kier alpha value is -0.570. The molecule has 1 heterocycles.